The second-order valence-electron chi connectivity index (χ2n) is 22.1. The van der Waals surface area contributed by atoms with Crippen LogP contribution in [-0.2, 0) is 90.5 Å². The van der Waals surface area contributed by atoms with Crippen LogP contribution in [0.5, 0.6) is 0 Å². The van der Waals surface area contributed by atoms with Crippen LogP contribution in [0.3, 0.4) is 0 Å². The van der Waals surface area contributed by atoms with Crippen molar-refractivity contribution >= 4 is 47.8 Å². The van der Waals surface area contributed by atoms with E-state index in [4.69, 9.17) is 52.1 Å². The predicted octanol–water partition coefficient (Wildman–Crippen LogP) is 7.38. The highest BCUT2D eigenvalue weighted by Gasteiger charge is 2.58. The first-order chi connectivity index (χ1) is 33.0. The van der Waals surface area contributed by atoms with Crippen molar-refractivity contribution in [3.8, 4) is 0 Å². The second-order valence-corrected chi connectivity index (χ2v) is 22.1. The van der Waals surface area contributed by atoms with Crippen molar-refractivity contribution in [1.29, 1.82) is 0 Å². The largest absolute Gasteiger partial charge is 0.463 e. The second kappa shape index (κ2) is 30.6. The molecule has 19 heteroatoms. The van der Waals surface area contributed by atoms with E-state index in [-0.39, 0.29) is 98.7 Å². The van der Waals surface area contributed by atoms with Crippen molar-refractivity contribution in [2.75, 3.05) is 13.2 Å². The van der Waals surface area contributed by atoms with Crippen molar-refractivity contribution in [1.82, 2.24) is 0 Å². The van der Waals surface area contributed by atoms with Gasteiger partial charge < -0.3 is 52.1 Å². The fourth-order valence-corrected chi connectivity index (χ4v) is 7.52. The van der Waals surface area contributed by atoms with E-state index >= 15 is 0 Å². The zero-order valence-corrected chi connectivity index (χ0v) is 45.2. The van der Waals surface area contributed by atoms with Gasteiger partial charge in [-0.15, -0.1) is 0 Å². The minimum atomic E-state index is -1.88. The first-order valence-corrected chi connectivity index (χ1v) is 25.5. The third-order valence-corrected chi connectivity index (χ3v) is 10.5. The van der Waals surface area contributed by atoms with Crippen molar-refractivity contribution in [3.05, 3.63) is 0 Å². The molecule has 0 bridgehead atoms. The Morgan fingerprint density at radius 1 is 0.296 bits per heavy atom. The first-order valence-electron chi connectivity index (χ1n) is 25.5. The maximum atomic E-state index is 13.9. The molecule has 4 unspecified atom stereocenters. The molecule has 2 saturated heterocycles. The third-order valence-electron chi connectivity index (χ3n) is 10.5. The monoisotopic (exact) mass is 1010 g/mol. The van der Waals surface area contributed by atoms with Crippen LogP contribution in [0.4, 0.5) is 0 Å². The van der Waals surface area contributed by atoms with Gasteiger partial charge in [-0.25, -0.2) is 0 Å². The molecule has 2 fully saturated rings. The maximum absolute atomic E-state index is 13.9. The first kappa shape index (κ1) is 62.8. The number of carbonyl (C=O) groups excluding carboxylic acids is 8. The fourth-order valence-electron chi connectivity index (χ4n) is 7.52. The molecule has 0 amide bonds. The van der Waals surface area contributed by atoms with Gasteiger partial charge in [-0.2, -0.15) is 0 Å². The van der Waals surface area contributed by atoms with Gasteiger partial charge in [0.15, 0.2) is 30.7 Å². The van der Waals surface area contributed by atoms with Crippen LogP contribution in [0.2, 0.25) is 0 Å². The van der Waals surface area contributed by atoms with E-state index in [1.165, 1.54) is 0 Å². The molecule has 0 aliphatic carbocycles. The van der Waals surface area contributed by atoms with Crippen LogP contribution in [0.25, 0.3) is 0 Å². The van der Waals surface area contributed by atoms with Crippen LogP contribution in [-0.4, -0.2) is 122 Å². The molecule has 2 aliphatic rings. The Kier molecular flexibility index (Phi) is 27.1. The molecule has 71 heavy (non-hydrogen) atoms. The summed E-state index contributed by atoms with van der Waals surface area (Å²) < 4.78 is 67.6. The van der Waals surface area contributed by atoms with Crippen LogP contribution in [0, 0.1) is 47.3 Å². The summed E-state index contributed by atoms with van der Waals surface area (Å²) in [5.41, 5.74) is 0. The van der Waals surface area contributed by atoms with Gasteiger partial charge in [0, 0.05) is 51.4 Å². The van der Waals surface area contributed by atoms with Crippen molar-refractivity contribution in [2.24, 2.45) is 47.3 Å². The van der Waals surface area contributed by atoms with Gasteiger partial charge in [0.05, 0.1) is 0 Å². The van der Waals surface area contributed by atoms with E-state index in [2.05, 4.69) is 0 Å². The molecule has 0 aromatic rings. The number of rotatable bonds is 28. The zero-order chi connectivity index (χ0) is 53.9. The van der Waals surface area contributed by atoms with E-state index < -0.39 is 122 Å². The highest BCUT2D eigenvalue weighted by molar-refractivity contribution is 5.73. The molecular weight excluding hydrogens is 929 g/mol. The van der Waals surface area contributed by atoms with E-state index in [1.807, 2.05) is 27.7 Å². The van der Waals surface area contributed by atoms with Crippen LogP contribution in [0.1, 0.15) is 162 Å². The molecule has 408 valence electrons. The van der Waals surface area contributed by atoms with Gasteiger partial charge in [0.2, 0.25) is 12.4 Å². The molecule has 0 spiro atoms. The molecule has 0 saturated carbocycles. The van der Waals surface area contributed by atoms with Gasteiger partial charge in [0.25, 0.3) is 0 Å². The minimum absolute atomic E-state index is 0.00652. The Labute approximate surface area is 421 Å². The number of esters is 8. The van der Waals surface area contributed by atoms with Crippen LogP contribution >= 0.6 is 0 Å². The van der Waals surface area contributed by atoms with Crippen LogP contribution < -0.4 is 0 Å². The molecule has 0 aromatic heterocycles. The highest BCUT2D eigenvalue weighted by Crippen LogP contribution is 2.37. The summed E-state index contributed by atoms with van der Waals surface area (Å²) in [5.74, 6) is -7.36. The standard InChI is InChI=1S/C52H86O19/c1-27(2)17-37(53)61-25-35-45(65-39(55)19-29(5)6)47(66-40(56)20-30(7)8)50(69-43(59)23-33(13)14)52(64-35)71-46-36(26-62-38(54)18-28(3)4)63-51(70-44(60)24-34(15)16)49(68-42(58)22-32(11)12)48(46)67-41(57)21-31(9)10/h27-36,45-52H,17-26H2,1-16H3/t35?,36?,45-,46+,47-,48-,49?,50?,51-,52-/m0/s1. The summed E-state index contributed by atoms with van der Waals surface area (Å²) in [7, 11) is 0. The van der Waals surface area contributed by atoms with Crippen molar-refractivity contribution in [2.45, 2.75) is 224 Å². The molecule has 2 rings (SSSR count). The number of carbonyl (C=O) groups is 8. The molecule has 10 atom stereocenters. The maximum Gasteiger partial charge on any atom is 0.308 e. The zero-order valence-electron chi connectivity index (χ0n) is 45.2. The summed E-state index contributed by atoms with van der Waals surface area (Å²) in [6.07, 6.45) is -17.4. The van der Waals surface area contributed by atoms with Gasteiger partial charge >= 0.3 is 47.8 Å². The number of hydrogen-bond acceptors (Lipinski definition) is 19. The molecule has 0 aromatic carbocycles. The Bertz CT molecular complexity index is 1720. The topological polar surface area (TPSA) is 238 Å². The lowest BCUT2D eigenvalue weighted by molar-refractivity contribution is -0.358. The summed E-state index contributed by atoms with van der Waals surface area (Å²) in [4.78, 5) is 109. The smallest absolute Gasteiger partial charge is 0.308 e. The average Bonchev–Trinajstić information content (AvgIpc) is 3.18. The van der Waals surface area contributed by atoms with Crippen molar-refractivity contribution < 1.29 is 90.5 Å². The Balaban J connectivity index is 3.09. The van der Waals surface area contributed by atoms with Gasteiger partial charge in [0.1, 0.15) is 31.5 Å². The molecule has 2 heterocycles. The Morgan fingerprint density at radius 3 is 0.873 bits per heavy atom. The molecule has 2 aliphatic heterocycles. The SMILES string of the molecule is CC(C)CC(=O)OCC1O[C@@H](OC(=O)CC(C)C)C(OC(=O)CC(C)C)[C@@H](OC(=O)CC(C)C)[C@@H]1O[C@@H]1OC(COC(=O)CC(C)C)[C@H](OC(=O)CC(C)C)[C@H](OC(=O)CC(C)C)C1OC(=O)CC(C)C. The van der Waals surface area contributed by atoms with Gasteiger partial charge in [-0.3, -0.25) is 38.4 Å². The highest BCUT2D eigenvalue weighted by atomic mass is 16.8. The molecule has 0 N–H and O–H groups in total. The average molecular weight is 1020 g/mol. The number of ether oxygens (including phenoxy) is 11. The Hall–Kier alpha value is -4.36. The summed E-state index contributed by atoms with van der Waals surface area (Å²) in [5, 5.41) is 0. The van der Waals surface area contributed by atoms with Gasteiger partial charge in [-0.1, -0.05) is 111 Å². The van der Waals surface area contributed by atoms with Crippen LogP contribution in [0.15, 0.2) is 0 Å². The van der Waals surface area contributed by atoms with Gasteiger partial charge in [-0.05, 0) is 47.3 Å². The Morgan fingerprint density at radius 2 is 0.535 bits per heavy atom. The summed E-state index contributed by atoms with van der Waals surface area (Å²) in [6.45, 7) is 27.4. The fraction of sp³-hybridized carbons (Fsp3) is 0.846. The normalized spacial score (nSPS) is 24.6. The summed E-state index contributed by atoms with van der Waals surface area (Å²) in [6, 6.07) is 0. The predicted molar refractivity (Wildman–Crippen MR) is 255 cm³/mol. The van der Waals surface area contributed by atoms with E-state index in [0.717, 1.165) is 0 Å². The minimum Gasteiger partial charge on any atom is -0.463 e. The van der Waals surface area contributed by atoms with E-state index in [0.29, 0.717) is 0 Å². The number of hydrogen-bond donors (Lipinski definition) is 0. The molecule has 0 radical (unpaired) electrons. The third kappa shape index (κ3) is 23.8. The lowest BCUT2D eigenvalue weighted by Crippen LogP contribution is -2.67. The summed E-state index contributed by atoms with van der Waals surface area (Å²) >= 11 is 0. The van der Waals surface area contributed by atoms with E-state index in [9.17, 15) is 38.4 Å². The van der Waals surface area contributed by atoms with E-state index in [1.54, 1.807) is 83.1 Å². The molecule has 19 nitrogen and oxygen atoms in total. The molecular formula is C52H86O19. The lowest BCUT2D eigenvalue weighted by atomic mass is 9.95. The van der Waals surface area contributed by atoms with Crippen molar-refractivity contribution in [3.63, 3.8) is 0 Å². The quantitative estimate of drug-likeness (QED) is 0.0549. The lowest BCUT2D eigenvalue weighted by Gasteiger charge is -2.48.